The lowest BCUT2D eigenvalue weighted by Gasteiger charge is -2.09. The molecule has 0 aliphatic heterocycles. The number of aromatic nitrogens is 1. The van der Waals surface area contributed by atoms with E-state index < -0.39 is 5.92 Å². The molecule has 6 nitrogen and oxygen atoms in total. The number of ketones is 1. The molecule has 1 atom stereocenters. The summed E-state index contributed by atoms with van der Waals surface area (Å²) in [5.41, 5.74) is 11.1. The van der Waals surface area contributed by atoms with Crippen molar-refractivity contribution >= 4 is 11.4 Å². The van der Waals surface area contributed by atoms with Gasteiger partial charge < -0.3 is 9.63 Å². The highest BCUT2D eigenvalue weighted by molar-refractivity contribution is 5.86. The van der Waals surface area contributed by atoms with Gasteiger partial charge in [-0.1, -0.05) is 76.4 Å². The third kappa shape index (κ3) is 8.78. The largest absolute Gasteiger partial charge is 0.511 e. The second-order valence-electron chi connectivity index (χ2n) is 10.5. The van der Waals surface area contributed by atoms with E-state index in [2.05, 4.69) is 37.2 Å². The van der Waals surface area contributed by atoms with E-state index in [1.54, 1.807) is 6.20 Å². The van der Waals surface area contributed by atoms with Crippen LogP contribution < -0.4 is 0 Å². The van der Waals surface area contributed by atoms with Crippen molar-refractivity contribution in [3.63, 3.8) is 0 Å². The van der Waals surface area contributed by atoms with Gasteiger partial charge in [0.25, 0.3) is 0 Å². The number of carbonyl (C=O) groups excluding carboxylic acids is 1. The van der Waals surface area contributed by atoms with Gasteiger partial charge in [-0.2, -0.15) is 10.5 Å². The fourth-order valence-electron chi connectivity index (χ4n) is 4.63. The van der Waals surface area contributed by atoms with Crippen molar-refractivity contribution in [1.82, 2.24) is 5.16 Å². The zero-order valence-electron chi connectivity index (χ0n) is 26.0. The average Bonchev–Trinajstić information content (AvgIpc) is 3.33. The molecule has 0 saturated carbocycles. The van der Waals surface area contributed by atoms with E-state index in [0.717, 1.165) is 44.7 Å². The van der Waals surface area contributed by atoms with E-state index in [0.29, 0.717) is 5.57 Å². The summed E-state index contributed by atoms with van der Waals surface area (Å²) in [5.74, 6) is 0.228. The Morgan fingerprint density at radius 3 is 1.76 bits per heavy atom. The quantitative estimate of drug-likeness (QED) is 0.197. The van der Waals surface area contributed by atoms with Gasteiger partial charge in [0.05, 0.1) is 17.8 Å². The number of hydrogen-bond donors (Lipinski definition) is 1. The van der Waals surface area contributed by atoms with Gasteiger partial charge in [-0.05, 0) is 95.7 Å². The highest BCUT2D eigenvalue weighted by Gasteiger charge is 2.17. The van der Waals surface area contributed by atoms with E-state index in [9.17, 15) is 9.90 Å². The van der Waals surface area contributed by atoms with E-state index in [1.807, 2.05) is 83.2 Å². The molecule has 0 amide bonds. The minimum absolute atomic E-state index is 0.0689. The van der Waals surface area contributed by atoms with Crippen LogP contribution in [0.4, 0.5) is 0 Å². The molecule has 1 N–H and O–H groups in total. The SMILES string of the molecule is C/C(O)=C(/C#N)c1ccc(C)cc1C.CC(=O)C(C#N)c1ccc(C)cc1C.Cc1ccc(-c2cnoc2C)c(C)c1. The maximum absolute atomic E-state index is 11.2. The van der Waals surface area contributed by atoms with Gasteiger partial charge in [-0.25, -0.2) is 0 Å². The molecule has 0 bridgehead atoms. The summed E-state index contributed by atoms with van der Waals surface area (Å²) in [7, 11) is 0. The standard InChI is InChI=1S/3C12H13NO/c1-8-4-5-11(9(2)6-8)12-7-13-14-10(12)3;2*1-8-4-5-11(9(2)6-8)12(7-13)10(3)14/h4-7H,1-3H3;4-6,14H,1-3H3;4-6,12H,1-3H3/b;12-10+;. The number of benzene rings is 3. The van der Waals surface area contributed by atoms with Crippen LogP contribution in [0.15, 0.2) is 71.1 Å². The molecule has 0 radical (unpaired) electrons. The highest BCUT2D eigenvalue weighted by Crippen LogP contribution is 2.27. The van der Waals surface area contributed by atoms with Crippen molar-refractivity contribution in [2.45, 2.75) is 68.2 Å². The van der Waals surface area contributed by atoms with Crippen molar-refractivity contribution in [3.05, 3.63) is 117 Å². The van der Waals surface area contributed by atoms with Gasteiger partial charge in [0.1, 0.15) is 23.5 Å². The maximum atomic E-state index is 11.2. The first-order chi connectivity index (χ1) is 19.8. The second kappa shape index (κ2) is 15.2. The van der Waals surface area contributed by atoms with Crippen LogP contribution in [0.3, 0.4) is 0 Å². The molecule has 0 saturated heterocycles. The minimum atomic E-state index is -0.615. The Bertz CT molecular complexity index is 1680. The topological polar surface area (TPSA) is 111 Å². The second-order valence-corrected chi connectivity index (χ2v) is 10.5. The van der Waals surface area contributed by atoms with Crippen molar-refractivity contribution in [1.29, 1.82) is 10.5 Å². The molecule has 1 unspecified atom stereocenters. The number of nitrogens with zero attached hydrogens (tertiary/aromatic N) is 3. The van der Waals surface area contributed by atoms with Crippen molar-refractivity contribution < 1.29 is 14.4 Å². The Hall–Kier alpha value is -4.94. The van der Waals surface area contributed by atoms with Gasteiger partial charge in [-0.3, -0.25) is 4.79 Å². The lowest BCUT2D eigenvalue weighted by Crippen LogP contribution is -2.07. The molecule has 0 fully saturated rings. The number of aryl methyl sites for hydroxylation is 7. The monoisotopic (exact) mass is 561 g/mol. The predicted molar refractivity (Wildman–Crippen MR) is 168 cm³/mol. The maximum Gasteiger partial charge on any atom is 0.151 e. The summed E-state index contributed by atoms with van der Waals surface area (Å²) in [6, 6.07) is 22.0. The number of Topliss-reactive ketones (excluding diaryl/α,β-unsaturated/α-hetero) is 1. The number of rotatable bonds is 4. The Morgan fingerprint density at radius 2 is 1.33 bits per heavy atom. The van der Waals surface area contributed by atoms with Gasteiger partial charge in [0.15, 0.2) is 5.78 Å². The first kappa shape index (κ1) is 33.3. The fraction of sp³-hybridized carbons (Fsp3) is 0.278. The third-order valence-corrected chi connectivity index (χ3v) is 6.82. The van der Waals surface area contributed by atoms with Crippen molar-refractivity contribution in [3.8, 4) is 23.3 Å². The Morgan fingerprint density at radius 1 is 0.786 bits per heavy atom. The van der Waals surface area contributed by atoms with Gasteiger partial charge in [-0.15, -0.1) is 0 Å². The van der Waals surface area contributed by atoms with Crippen LogP contribution in [0.5, 0.6) is 0 Å². The number of aliphatic hydroxyl groups excluding tert-OH is 1. The molecule has 4 rings (SSSR count). The molecular weight excluding hydrogens is 522 g/mol. The van der Waals surface area contributed by atoms with Crippen LogP contribution >= 0.6 is 0 Å². The summed E-state index contributed by atoms with van der Waals surface area (Å²) in [6.07, 6.45) is 1.77. The van der Waals surface area contributed by atoms with E-state index >= 15 is 0 Å². The fourth-order valence-corrected chi connectivity index (χ4v) is 4.63. The first-order valence-electron chi connectivity index (χ1n) is 13.6. The summed E-state index contributed by atoms with van der Waals surface area (Å²) >= 11 is 0. The number of nitriles is 2. The van der Waals surface area contributed by atoms with Crippen LogP contribution in [-0.2, 0) is 4.79 Å². The third-order valence-electron chi connectivity index (χ3n) is 6.82. The minimum Gasteiger partial charge on any atom is -0.511 e. The van der Waals surface area contributed by atoms with E-state index in [-0.39, 0.29) is 11.5 Å². The summed E-state index contributed by atoms with van der Waals surface area (Å²) in [6.45, 7) is 17.0. The Kier molecular flexibility index (Phi) is 12.0. The predicted octanol–water partition coefficient (Wildman–Crippen LogP) is 8.88. The number of hydrogen-bond acceptors (Lipinski definition) is 6. The lowest BCUT2D eigenvalue weighted by atomic mass is 9.92. The van der Waals surface area contributed by atoms with Crippen LogP contribution in [0.2, 0.25) is 0 Å². The molecular formula is C36H39N3O3. The van der Waals surface area contributed by atoms with Crippen molar-refractivity contribution in [2.75, 3.05) is 0 Å². The van der Waals surface area contributed by atoms with Crippen LogP contribution in [0, 0.1) is 71.1 Å². The van der Waals surface area contributed by atoms with Gasteiger partial charge >= 0.3 is 0 Å². The average molecular weight is 562 g/mol. The Balaban J connectivity index is 0.000000220. The number of allylic oxidation sites excluding steroid dienone is 2. The summed E-state index contributed by atoms with van der Waals surface area (Å²) in [4.78, 5) is 11.2. The Labute approximate surface area is 249 Å². The first-order valence-corrected chi connectivity index (χ1v) is 13.6. The van der Waals surface area contributed by atoms with E-state index in [4.69, 9.17) is 15.0 Å². The summed E-state index contributed by atoms with van der Waals surface area (Å²) < 4.78 is 5.05. The van der Waals surface area contributed by atoms with Crippen LogP contribution in [0.25, 0.3) is 16.7 Å². The highest BCUT2D eigenvalue weighted by atomic mass is 16.5. The molecule has 4 aromatic rings. The summed E-state index contributed by atoms with van der Waals surface area (Å²) in [5, 5.41) is 30.9. The molecule has 1 heterocycles. The number of carbonyl (C=O) groups is 1. The molecule has 216 valence electrons. The molecule has 0 aliphatic rings. The van der Waals surface area contributed by atoms with Crippen molar-refractivity contribution in [2.24, 2.45) is 0 Å². The zero-order chi connectivity index (χ0) is 31.6. The van der Waals surface area contributed by atoms with E-state index in [1.165, 1.54) is 30.5 Å². The lowest BCUT2D eigenvalue weighted by molar-refractivity contribution is -0.117. The molecule has 3 aromatic carbocycles. The molecule has 42 heavy (non-hydrogen) atoms. The van der Waals surface area contributed by atoms with Crippen LogP contribution in [-0.4, -0.2) is 16.0 Å². The number of aliphatic hydroxyl groups is 1. The molecule has 0 aliphatic carbocycles. The smallest absolute Gasteiger partial charge is 0.151 e. The van der Waals surface area contributed by atoms with Crippen LogP contribution in [0.1, 0.15) is 70.0 Å². The van der Waals surface area contributed by atoms with Gasteiger partial charge in [0, 0.05) is 5.56 Å². The normalized spacial score (nSPS) is 11.4. The zero-order valence-corrected chi connectivity index (χ0v) is 26.0. The molecule has 6 heteroatoms. The van der Waals surface area contributed by atoms with Gasteiger partial charge in [0.2, 0.25) is 0 Å². The molecule has 0 spiro atoms. The molecule has 1 aromatic heterocycles.